The fourth-order valence-corrected chi connectivity index (χ4v) is 3.42. The van der Waals surface area contributed by atoms with E-state index in [1.807, 2.05) is 25.2 Å². The van der Waals surface area contributed by atoms with Crippen LogP contribution in [-0.2, 0) is 11.2 Å². The Kier molecular flexibility index (Phi) is 11.7. The summed E-state index contributed by atoms with van der Waals surface area (Å²) in [4.78, 5) is 6.78. The van der Waals surface area contributed by atoms with Gasteiger partial charge in [0.15, 0.2) is 5.96 Å². The molecule has 1 aromatic carbocycles. The van der Waals surface area contributed by atoms with Crippen LogP contribution in [-0.4, -0.2) is 69.9 Å². The third-order valence-corrected chi connectivity index (χ3v) is 4.54. The van der Waals surface area contributed by atoms with E-state index < -0.39 is 0 Å². The average molecular weight is 490 g/mol. The molecule has 2 unspecified atom stereocenters. The Labute approximate surface area is 181 Å². The lowest BCUT2D eigenvalue weighted by Crippen LogP contribution is -2.46. The van der Waals surface area contributed by atoms with E-state index in [0.717, 1.165) is 57.3 Å². The summed E-state index contributed by atoms with van der Waals surface area (Å²) < 4.78 is 11.2. The van der Waals surface area contributed by atoms with E-state index in [4.69, 9.17) is 9.47 Å². The van der Waals surface area contributed by atoms with Gasteiger partial charge in [0.05, 0.1) is 19.3 Å². The lowest BCUT2D eigenvalue weighted by atomic mass is 10.1. The number of halogens is 1. The first kappa shape index (κ1) is 24.0. The summed E-state index contributed by atoms with van der Waals surface area (Å²) in [5, 5.41) is 6.77. The fraction of sp³-hybridized carbons (Fsp3) is 0.650. The summed E-state index contributed by atoms with van der Waals surface area (Å²) in [6, 6.07) is 8.13. The molecule has 27 heavy (non-hydrogen) atoms. The number of benzene rings is 1. The highest BCUT2D eigenvalue weighted by Gasteiger charge is 2.21. The number of morpholine rings is 1. The number of hydrogen-bond donors (Lipinski definition) is 2. The van der Waals surface area contributed by atoms with Gasteiger partial charge in [-0.05, 0) is 38.3 Å². The normalized spacial score (nSPS) is 20.7. The van der Waals surface area contributed by atoms with Gasteiger partial charge >= 0.3 is 0 Å². The minimum Gasteiger partial charge on any atom is -0.496 e. The van der Waals surface area contributed by atoms with Crippen molar-refractivity contribution in [1.82, 2.24) is 15.5 Å². The first-order valence-corrected chi connectivity index (χ1v) is 9.56. The Morgan fingerprint density at radius 3 is 2.52 bits per heavy atom. The maximum Gasteiger partial charge on any atom is 0.190 e. The van der Waals surface area contributed by atoms with Crippen LogP contribution in [0.3, 0.4) is 0 Å². The molecule has 0 aliphatic carbocycles. The van der Waals surface area contributed by atoms with E-state index >= 15 is 0 Å². The highest BCUT2D eigenvalue weighted by Crippen LogP contribution is 2.17. The number of nitrogens with one attached hydrogen (secondary N) is 2. The van der Waals surface area contributed by atoms with Gasteiger partial charge in [0, 0.05) is 39.8 Å². The molecule has 1 heterocycles. The van der Waals surface area contributed by atoms with Crippen molar-refractivity contribution in [2.24, 2.45) is 4.99 Å². The molecule has 2 N–H and O–H groups in total. The van der Waals surface area contributed by atoms with E-state index in [-0.39, 0.29) is 24.0 Å². The summed E-state index contributed by atoms with van der Waals surface area (Å²) in [6.45, 7) is 9.16. The number of guanidine groups is 1. The van der Waals surface area contributed by atoms with Crippen LogP contribution in [0.1, 0.15) is 25.8 Å². The largest absolute Gasteiger partial charge is 0.496 e. The number of nitrogens with zero attached hydrogens (tertiary/aromatic N) is 2. The van der Waals surface area contributed by atoms with Gasteiger partial charge in [0.2, 0.25) is 0 Å². The highest BCUT2D eigenvalue weighted by atomic mass is 127. The number of methoxy groups -OCH3 is 1. The molecule has 0 amide bonds. The summed E-state index contributed by atoms with van der Waals surface area (Å²) >= 11 is 0. The zero-order valence-electron chi connectivity index (χ0n) is 17.0. The summed E-state index contributed by atoms with van der Waals surface area (Å²) in [5.41, 5.74) is 1.20. The predicted molar refractivity (Wildman–Crippen MR) is 123 cm³/mol. The third kappa shape index (κ3) is 8.66. The lowest BCUT2D eigenvalue weighted by Gasteiger charge is -2.35. The Hall–Kier alpha value is -1.06. The number of hydrogen-bond acceptors (Lipinski definition) is 4. The molecule has 2 rings (SSSR count). The Bertz CT molecular complexity index is 561. The Balaban J connectivity index is 0.00000364. The van der Waals surface area contributed by atoms with Crippen LogP contribution >= 0.6 is 24.0 Å². The standard InChI is InChI=1S/C20H34N4O2.HI/c1-16-14-24(15-17(2)26-16)13-7-11-22-20(21-3)23-12-10-18-8-5-6-9-19(18)25-4;/h5-6,8-9,16-17H,7,10-15H2,1-4H3,(H2,21,22,23);1H. The molecule has 154 valence electrons. The molecule has 0 aromatic heterocycles. The summed E-state index contributed by atoms with van der Waals surface area (Å²) in [6.07, 6.45) is 2.65. The number of aliphatic imine (C=N–C) groups is 1. The van der Waals surface area contributed by atoms with Crippen molar-refractivity contribution in [3.05, 3.63) is 29.8 Å². The van der Waals surface area contributed by atoms with E-state index in [1.54, 1.807) is 7.11 Å². The monoisotopic (exact) mass is 490 g/mol. The molecule has 6 nitrogen and oxygen atoms in total. The molecular formula is C20H35IN4O2. The predicted octanol–water partition coefficient (Wildman–Crippen LogP) is 2.52. The van der Waals surface area contributed by atoms with Crippen LogP contribution < -0.4 is 15.4 Å². The second kappa shape index (κ2) is 13.2. The van der Waals surface area contributed by atoms with Crippen LogP contribution in [0, 0.1) is 0 Å². The number of rotatable bonds is 8. The van der Waals surface area contributed by atoms with Gasteiger partial charge in [0.1, 0.15) is 5.75 Å². The topological polar surface area (TPSA) is 58.1 Å². The Morgan fingerprint density at radius 1 is 1.19 bits per heavy atom. The molecule has 1 aliphatic heterocycles. The van der Waals surface area contributed by atoms with Crippen molar-refractivity contribution in [3.8, 4) is 5.75 Å². The van der Waals surface area contributed by atoms with Gasteiger partial charge < -0.3 is 20.1 Å². The summed E-state index contributed by atoms with van der Waals surface area (Å²) in [5.74, 6) is 1.79. The average Bonchev–Trinajstić information content (AvgIpc) is 2.63. The number of ether oxygens (including phenoxy) is 2. The minimum atomic E-state index is 0. The van der Waals surface area contributed by atoms with Gasteiger partial charge in [-0.15, -0.1) is 24.0 Å². The first-order chi connectivity index (χ1) is 12.6. The van der Waals surface area contributed by atoms with Crippen LogP contribution in [0.2, 0.25) is 0 Å². The molecule has 2 atom stereocenters. The van der Waals surface area contributed by atoms with E-state index in [1.165, 1.54) is 5.56 Å². The zero-order chi connectivity index (χ0) is 18.8. The van der Waals surface area contributed by atoms with Crippen molar-refractivity contribution in [3.63, 3.8) is 0 Å². The maximum atomic E-state index is 5.78. The van der Waals surface area contributed by atoms with Gasteiger partial charge in [-0.3, -0.25) is 9.89 Å². The summed E-state index contributed by atoms with van der Waals surface area (Å²) in [7, 11) is 3.52. The second-order valence-electron chi connectivity index (χ2n) is 6.86. The van der Waals surface area contributed by atoms with Crippen LogP contribution in [0.5, 0.6) is 5.75 Å². The second-order valence-corrected chi connectivity index (χ2v) is 6.86. The molecule has 0 bridgehead atoms. The molecule has 0 radical (unpaired) electrons. The molecule has 0 saturated carbocycles. The van der Waals surface area contributed by atoms with Crippen LogP contribution in [0.4, 0.5) is 0 Å². The van der Waals surface area contributed by atoms with Crippen molar-refractivity contribution in [2.45, 2.75) is 38.9 Å². The van der Waals surface area contributed by atoms with E-state index in [0.29, 0.717) is 12.2 Å². The van der Waals surface area contributed by atoms with Crippen molar-refractivity contribution in [2.75, 3.05) is 46.9 Å². The van der Waals surface area contributed by atoms with Crippen molar-refractivity contribution in [1.29, 1.82) is 0 Å². The molecule has 0 spiro atoms. The van der Waals surface area contributed by atoms with Crippen LogP contribution in [0.25, 0.3) is 0 Å². The SMILES string of the molecule is CN=C(NCCCN1CC(C)OC(C)C1)NCCc1ccccc1OC.I. The smallest absolute Gasteiger partial charge is 0.190 e. The van der Waals surface area contributed by atoms with Crippen molar-refractivity contribution < 1.29 is 9.47 Å². The van der Waals surface area contributed by atoms with E-state index in [9.17, 15) is 0 Å². The minimum absolute atomic E-state index is 0. The molecule has 1 aliphatic rings. The quantitative estimate of drug-likeness (QED) is 0.254. The van der Waals surface area contributed by atoms with E-state index in [2.05, 4.69) is 40.4 Å². The third-order valence-electron chi connectivity index (χ3n) is 4.54. The Morgan fingerprint density at radius 2 is 1.85 bits per heavy atom. The number of para-hydroxylation sites is 1. The molecular weight excluding hydrogens is 455 g/mol. The van der Waals surface area contributed by atoms with Gasteiger partial charge in [-0.1, -0.05) is 18.2 Å². The molecule has 1 saturated heterocycles. The van der Waals surface area contributed by atoms with Gasteiger partial charge in [-0.25, -0.2) is 0 Å². The van der Waals surface area contributed by atoms with Crippen LogP contribution in [0.15, 0.2) is 29.3 Å². The van der Waals surface area contributed by atoms with Gasteiger partial charge in [0.25, 0.3) is 0 Å². The maximum absolute atomic E-state index is 5.78. The van der Waals surface area contributed by atoms with Gasteiger partial charge in [-0.2, -0.15) is 0 Å². The fourth-order valence-electron chi connectivity index (χ4n) is 3.42. The zero-order valence-corrected chi connectivity index (χ0v) is 19.4. The highest BCUT2D eigenvalue weighted by molar-refractivity contribution is 14.0. The first-order valence-electron chi connectivity index (χ1n) is 9.56. The molecule has 1 fully saturated rings. The van der Waals surface area contributed by atoms with Crippen molar-refractivity contribution >= 4 is 29.9 Å². The molecule has 1 aromatic rings. The lowest BCUT2D eigenvalue weighted by molar-refractivity contribution is -0.0679. The molecule has 7 heteroatoms.